The molecule has 3 rings (SSSR count). The van der Waals surface area contributed by atoms with Gasteiger partial charge in [-0.3, -0.25) is 0 Å². The highest BCUT2D eigenvalue weighted by atomic mass is 19.1. The van der Waals surface area contributed by atoms with Crippen molar-refractivity contribution in [1.29, 1.82) is 0 Å². The van der Waals surface area contributed by atoms with Crippen LogP contribution in [0.2, 0.25) is 0 Å². The second-order valence-corrected chi connectivity index (χ2v) is 4.45. The molecule has 1 aromatic heterocycles. The summed E-state index contributed by atoms with van der Waals surface area (Å²) in [4.78, 5) is 6.25. The number of nitrogens with zero attached hydrogens (tertiary/aromatic N) is 2. The van der Waals surface area contributed by atoms with Gasteiger partial charge in [0.25, 0.3) is 6.01 Å². The fourth-order valence-electron chi connectivity index (χ4n) is 2.00. The van der Waals surface area contributed by atoms with Crippen LogP contribution in [0.3, 0.4) is 0 Å². The number of anilines is 1. The molecular formula is C15H13FN2O. The van der Waals surface area contributed by atoms with Crippen LogP contribution in [-0.4, -0.2) is 12.0 Å². The molecule has 0 bridgehead atoms. The zero-order chi connectivity index (χ0) is 13.2. The van der Waals surface area contributed by atoms with Crippen LogP contribution < -0.4 is 4.90 Å². The predicted molar refractivity (Wildman–Crippen MR) is 72.5 cm³/mol. The van der Waals surface area contributed by atoms with Crippen molar-refractivity contribution in [3.8, 4) is 0 Å². The zero-order valence-electron chi connectivity index (χ0n) is 10.5. The molecule has 3 aromatic rings. The minimum Gasteiger partial charge on any atom is -0.423 e. The summed E-state index contributed by atoms with van der Waals surface area (Å²) in [5.74, 6) is -0.233. The average Bonchev–Trinajstić information content (AvgIpc) is 2.82. The summed E-state index contributed by atoms with van der Waals surface area (Å²) >= 11 is 0. The molecule has 0 saturated carbocycles. The molecule has 0 radical (unpaired) electrons. The Morgan fingerprint density at radius 1 is 1.16 bits per heavy atom. The molecule has 3 nitrogen and oxygen atoms in total. The van der Waals surface area contributed by atoms with E-state index in [1.54, 1.807) is 6.07 Å². The second-order valence-electron chi connectivity index (χ2n) is 4.45. The maximum Gasteiger partial charge on any atom is 0.298 e. The average molecular weight is 256 g/mol. The lowest BCUT2D eigenvalue weighted by Gasteiger charge is -2.14. The molecule has 0 aliphatic carbocycles. The third-order valence-electron chi connectivity index (χ3n) is 2.92. The van der Waals surface area contributed by atoms with E-state index in [-0.39, 0.29) is 5.82 Å². The smallest absolute Gasteiger partial charge is 0.298 e. The van der Waals surface area contributed by atoms with E-state index in [1.807, 2.05) is 42.3 Å². The molecule has 0 aliphatic heterocycles. The van der Waals surface area contributed by atoms with E-state index in [9.17, 15) is 4.39 Å². The normalized spacial score (nSPS) is 10.8. The van der Waals surface area contributed by atoms with Crippen LogP contribution >= 0.6 is 0 Å². The second kappa shape index (κ2) is 4.72. The highest BCUT2D eigenvalue weighted by Gasteiger charge is 2.10. The Morgan fingerprint density at radius 3 is 2.79 bits per heavy atom. The van der Waals surface area contributed by atoms with Gasteiger partial charge in [0, 0.05) is 13.6 Å². The van der Waals surface area contributed by atoms with Gasteiger partial charge in [-0.2, -0.15) is 4.98 Å². The summed E-state index contributed by atoms with van der Waals surface area (Å²) in [6.45, 7) is 0.546. The predicted octanol–water partition coefficient (Wildman–Crippen LogP) is 3.60. The molecule has 96 valence electrons. The fourth-order valence-corrected chi connectivity index (χ4v) is 2.00. The summed E-state index contributed by atoms with van der Waals surface area (Å²) in [6.07, 6.45) is 0. The van der Waals surface area contributed by atoms with Crippen LogP contribution in [0.5, 0.6) is 0 Å². The van der Waals surface area contributed by atoms with E-state index in [1.165, 1.54) is 12.1 Å². The van der Waals surface area contributed by atoms with Crippen LogP contribution in [0.15, 0.2) is 52.9 Å². The highest BCUT2D eigenvalue weighted by molar-refractivity contribution is 5.74. The number of benzene rings is 2. The molecule has 0 N–H and O–H groups in total. The van der Waals surface area contributed by atoms with Gasteiger partial charge in [-0.15, -0.1) is 0 Å². The van der Waals surface area contributed by atoms with Crippen LogP contribution in [0.1, 0.15) is 5.56 Å². The molecule has 19 heavy (non-hydrogen) atoms. The van der Waals surface area contributed by atoms with Gasteiger partial charge in [0.05, 0.1) is 0 Å². The number of hydrogen-bond acceptors (Lipinski definition) is 3. The van der Waals surface area contributed by atoms with E-state index in [4.69, 9.17) is 4.42 Å². The third-order valence-corrected chi connectivity index (χ3v) is 2.92. The monoisotopic (exact) mass is 256 g/mol. The van der Waals surface area contributed by atoms with Crippen molar-refractivity contribution in [2.45, 2.75) is 6.54 Å². The number of fused-ring (bicyclic) bond motifs is 1. The Kier molecular flexibility index (Phi) is 2.91. The van der Waals surface area contributed by atoms with Crippen molar-refractivity contribution < 1.29 is 8.81 Å². The number of hydrogen-bond donors (Lipinski definition) is 0. The maximum absolute atomic E-state index is 13.1. The molecule has 0 amide bonds. The lowest BCUT2D eigenvalue weighted by atomic mass is 10.2. The van der Waals surface area contributed by atoms with Gasteiger partial charge < -0.3 is 9.32 Å². The van der Waals surface area contributed by atoms with Crippen molar-refractivity contribution in [3.63, 3.8) is 0 Å². The number of oxazole rings is 1. The standard InChI is InChI=1S/C15H13FN2O/c1-18(10-11-5-4-6-12(16)9-11)15-17-13-7-2-3-8-14(13)19-15/h2-9H,10H2,1H3. The molecule has 2 aromatic carbocycles. The summed E-state index contributed by atoms with van der Waals surface area (Å²) in [5, 5.41) is 0. The van der Waals surface area contributed by atoms with Crippen LogP contribution in [0.4, 0.5) is 10.4 Å². The first kappa shape index (κ1) is 11.7. The van der Waals surface area contributed by atoms with Crippen LogP contribution in [0.25, 0.3) is 11.1 Å². The molecule has 4 heteroatoms. The van der Waals surface area contributed by atoms with E-state index < -0.39 is 0 Å². The minimum absolute atomic E-state index is 0.233. The van der Waals surface area contributed by atoms with Gasteiger partial charge in [0.15, 0.2) is 5.58 Å². The zero-order valence-corrected chi connectivity index (χ0v) is 10.5. The van der Waals surface area contributed by atoms with E-state index in [0.29, 0.717) is 12.6 Å². The van der Waals surface area contributed by atoms with Crippen molar-refractivity contribution in [1.82, 2.24) is 4.98 Å². The van der Waals surface area contributed by atoms with Gasteiger partial charge in [0.2, 0.25) is 0 Å². The minimum atomic E-state index is -0.233. The lowest BCUT2D eigenvalue weighted by Crippen LogP contribution is -2.16. The molecule has 1 heterocycles. The Labute approximate surface area is 110 Å². The fraction of sp³-hybridized carbons (Fsp3) is 0.133. The largest absolute Gasteiger partial charge is 0.423 e. The summed E-state index contributed by atoms with van der Waals surface area (Å²) in [7, 11) is 1.87. The maximum atomic E-state index is 13.1. The SMILES string of the molecule is CN(Cc1cccc(F)c1)c1nc2ccccc2o1. The van der Waals surface area contributed by atoms with Crippen molar-refractivity contribution in [2.24, 2.45) is 0 Å². The first-order valence-corrected chi connectivity index (χ1v) is 6.03. The van der Waals surface area contributed by atoms with Gasteiger partial charge in [-0.05, 0) is 29.8 Å². The quantitative estimate of drug-likeness (QED) is 0.717. The first-order valence-electron chi connectivity index (χ1n) is 6.03. The van der Waals surface area contributed by atoms with Crippen LogP contribution in [-0.2, 0) is 6.54 Å². The summed E-state index contributed by atoms with van der Waals surface area (Å²) in [6, 6.07) is 14.7. The van der Waals surface area contributed by atoms with Crippen LogP contribution in [0, 0.1) is 5.82 Å². The molecule has 0 atom stereocenters. The molecular weight excluding hydrogens is 243 g/mol. The van der Waals surface area contributed by atoms with E-state index in [0.717, 1.165) is 16.7 Å². The Balaban J connectivity index is 1.85. The highest BCUT2D eigenvalue weighted by Crippen LogP contribution is 2.21. The molecule has 0 spiro atoms. The lowest BCUT2D eigenvalue weighted by molar-refractivity contribution is 0.580. The number of halogens is 1. The molecule has 0 aliphatic rings. The van der Waals surface area contributed by atoms with Crippen molar-refractivity contribution in [3.05, 3.63) is 59.9 Å². The number of para-hydroxylation sites is 2. The molecule has 0 saturated heterocycles. The Hall–Kier alpha value is -2.36. The summed E-state index contributed by atoms with van der Waals surface area (Å²) < 4.78 is 18.8. The van der Waals surface area contributed by atoms with Gasteiger partial charge in [0.1, 0.15) is 11.3 Å². The first-order chi connectivity index (χ1) is 9.22. The van der Waals surface area contributed by atoms with Gasteiger partial charge in [-0.1, -0.05) is 24.3 Å². The van der Waals surface area contributed by atoms with E-state index >= 15 is 0 Å². The number of rotatable bonds is 3. The topological polar surface area (TPSA) is 29.3 Å². The molecule has 0 unspecified atom stereocenters. The van der Waals surface area contributed by atoms with E-state index in [2.05, 4.69) is 4.98 Å². The number of aromatic nitrogens is 1. The molecule has 0 fully saturated rings. The third kappa shape index (κ3) is 2.42. The van der Waals surface area contributed by atoms with Crippen molar-refractivity contribution >= 4 is 17.1 Å². The Bertz CT molecular complexity index is 675. The van der Waals surface area contributed by atoms with Gasteiger partial charge in [-0.25, -0.2) is 4.39 Å². The van der Waals surface area contributed by atoms with Crippen molar-refractivity contribution in [2.75, 3.05) is 11.9 Å². The summed E-state index contributed by atoms with van der Waals surface area (Å²) in [5.41, 5.74) is 2.46. The van der Waals surface area contributed by atoms with Gasteiger partial charge >= 0.3 is 0 Å². The Morgan fingerprint density at radius 2 is 2.00 bits per heavy atom.